The Morgan fingerprint density at radius 3 is 2.35 bits per heavy atom. The Morgan fingerprint density at radius 2 is 1.69 bits per heavy atom. The molecule has 0 radical (unpaired) electrons. The van der Waals surface area contributed by atoms with Crippen molar-refractivity contribution in [2.24, 2.45) is 0 Å². The average Bonchev–Trinajstić information content (AvgIpc) is 2.64. The quantitative estimate of drug-likeness (QED) is 0.594. The van der Waals surface area contributed by atoms with Crippen molar-refractivity contribution >= 4 is 23.2 Å². The van der Waals surface area contributed by atoms with Crippen LogP contribution < -0.4 is 33.8 Å². The molecule has 1 aromatic heterocycles. The Morgan fingerprint density at radius 1 is 1.00 bits per heavy atom. The van der Waals surface area contributed by atoms with E-state index in [1.807, 2.05) is 6.07 Å². The van der Waals surface area contributed by atoms with Crippen molar-refractivity contribution in [2.45, 2.75) is 6.54 Å². The molecule has 2 aromatic carbocycles. The molecule has 134 valence electrons. The Bertz CT molecular complexity index is 872. The lowest BCUT2D eigenvalue weighted by molar-refractivity contribution is -0.342. The standard InChI is InChI=1S/C19H17FN4O.ClH/c20-15-8-6-13(7-9-15)12-22-17-11-10-16(18(21)24-17)23-19(25)14-4-2-1-3-5-14;/h1-11H,12H2,(H,23,25)(H3,21,22,24);1H. The van der Waals surface area contributed by atoms with Gasteiger partial charge in [-0.05, 0) is 35.9 Å². The van der Waals surface area contributed by atoms with Crippen LogP contribution in [0.5, 0.6) is 0 Å². The smallest absolute Gasteiger partial charge is 0.255 e. The van der Waals surface area contributed by atoms with Gasteiger partial charge in [-0.3, -0.25) is 4.79 Å². The number of aromatic nitrogens is 1. The Hall–Kier alpha value is -3.12. The first-order valence-corrected chi connectivity index (χ1v) is 7.78. The van der Waals surface area contributed by atoms with Gasteiger partial charge in [0.2, 0.25) is 11.6 Å². The van der Waals surface area contributed by atoms with E-state index in [1.54, 1.807) is 48.5 Å². The van der Waals surface area contributed by atoms with Gasteiger partial charge in [0.05, 0.1) is 6.54 Å². The van der Waals surface area contributed by atoms with Crippen molar-refractivity contribution in [3.05, 3.63) is 83.7 Å². The monoisotopic (exact) mass is 372 g/mol. The number of nitrogens with one attached hydrogen (secondary N) is 3. The lowest BCUT2D eigenvalue weighted by Crippen LogP contribution is -3.00. The molecule has 0 aliphatic heterocycles. The van der Waals surface area contributed by atoms with Crippen LogP contribution in [0.4, 0.5) is 21.7 Å². The maximum Gasteiger partial charge on any atom is 0.255 e. The highest BCUT2D eigenvalue weighted by Crippen LogP contribution is 2.16. The summed E-state index contributed by atoms with van der Waals surface area (Å²) in [6, 6.07) is 18.6. The third-order valence-electron chi connectivity index (χ3n) is 3.66. The molecule has 0 saturated carbocycles. The average molecular weight is 373 g/mol. The number of amides is 1. The van der Waals surface area contributed by atoms with Crippen LogP contribution in [0.3, 0.4) is 0 Å². The number of nitrogens with two attached hydrogens (primary N) is 1. The summed E-state index contributed by atoms with van der Waals surface area (Å²) >= 11 is 0. The number of aromatic amines is 1. The maximum absolute atomic E-state index is 12.9. The molecule has 0 fully saturated rings. The van der Waals surface area contributed by atoms with Gasteiger partial charge < -0.3 is 28.8 Å². The fourth-order valence-corrected chi connectivity index (χ4v) is 2.31. The van der Waals surface area contributed by atoms with Crippen molar-refractivity contribution < 1.29 is 26.6 Å². The molecule has 5 N–H and O–H groups in total. The van der Waals surface area contributed by atoms with Gasteiger partial charge >= 0.3 is 0 Å². The number of halogens is 2. The number of carbonyl (C=O) groups excluding carboxylic acids is 1. The number of pyridine rings is 1. The van der Waals surface area contributed by atoms with Gasteiger partial charge in [0, 0.05) is 11.6 Å². The van der Waals surface area contributed by atoms with E-state index in [-0.39, 0.29) is 24.1 Å². The number of H-pyrrole nitrogens is 1. The zero-order valence-corrected chi connectivity index (χ0v) is 14.6. The number of anilines is 3. The minimum atomic E-state index is -0.266. The van der Waals surface area contributed by atoms with Crippen LogP contribution in [-0.2, 0) is 6.54 Å². The fraction of sp³-hybridized carbons (Fsp3) is 0.0526. The van der Waals surface area contributed by atoms with Crippen LogP contribution >= 0.6 is 0 Å². The molecule has 3 aromatic rings. The molecule has 0 aliphatic carbocycles. The minimum absolute atomic E-state index is 0. The Balaban J connectivity index is 0.00000243. The third-order valence-corrected chi connectivity index (χ3v) is 3.66. The molecule has 1 heterocycles. The van der Waals surface area contributed by atoms with Gasteiger partial charge in [-0.15, -0.1) is 0 Å². The summed E-state index contributed by atoms with van der Waals surface area (Å²) < 4.78 is 12.9. The van der Waals surface area contributed by atoms with E-state index in [0.29, 0.717) is 29.4 Å². The lowest BCUT2D eigenvalue weighted by Gasteiger charge is -2.08. The summed E-state index contributed by atoms with van der Waals surface area (Å²) in [4.78, 5) is 15.2. The Kier molecular flexibility index (Phi) is 6.52. The van der Waals surface area contributed by atoms with Crippen molar-refractivity contribution in [1.82, 2.24) is 0 Å². The number of hydrogen-bond acceptors (Lipinski definition) is 3. The number of carbonyl (C=O) groups is 1. The Labute approximate surface area is 156 Å². The van der Waals surface area contributed by atoms with Gasteiger partial charge in [-0.1, -0.05) is 30.3 Å². The molecular weight excluding hydrogens is 355 g/mol. The number of hydrogen-bond donors (Lipinski definition) is 3. The van der Waals surface area contributed by atoms with Crippen molar-refractivity contribution in [3.8, 4) is 0 Å². The van der Waals surface area contributed by atoms with Crippen LogP contribution in [0.2, 0.25) is 0 Å². The second-order valence-electron chi connectivity index (χ2n) is 5.50. The second kappa shape index (κ2) is 8.82. The van der Waals surface area contributed by atoms with Gasteiger partial charge in [0.1, 0.15) is 11.5 Å². The van der Waals surface area contributed by atoms with Crippen LogP contribution in [0, 0.1) is 5.82 Å². The molecule has 0 aliphatic rings. The normalized spacial score (nSPS) is 9.88. The van der Waals surface area contributed by atoms with Crippen molar-refractivity contribution in [3.63, 3.8) is 0 Å². The zero-order chi connectivity index (χ0) is 17.6. The summed E-state index contributed by atoms with van der Waals surface area (Å²) in [5, 5.41) is 5.93. The first-order chi connectivity index (χ1) is 12.1. The predicted molar refractivity (Wildman–Crippen MR) is 95.5 cm³/mol. The van der Waals surface area contributed by atoms with Crippen LogP contribution in [0.15, 0.2) is 66.7 Å². The number of benzene rings is 2. The fourth-order valence-electron chi connectivity index (χ4n) is 2.31. The summed E-state index contributed by atoms with van der Waals surface area (Å²) in [6.07, 6.45) is 0. The molecule has 0 spiro atoms. The first-order valence-electron chi connectivity index (χ1n) is 7.78. The van der Waals surface area contributed by atoms with E-state index in [2.05, 4.69) is 15.6 Å². The summed E-state index contributed by atoms with van der Waals surface area (Å²) in [5.41, 5.74) is 7.97. The molecule has 1 amide bonds. The SMILES string of the molecule is Nc1[nH+]c(NCc2ccc(F)cc2)ccc1NC(=O)c1ccccc1.[Cl-]. The van der Waals surface area contributed by atoms with E-state index in [0.717, 1.165) is 5.56 Å². The highest BCUT2D eigenvalue weighted by molar-refractivity contribution is 6.05. The molecule has 0 atom stereocenters. The summed E-state index contributed by atoms with van der Waals surface area (Å²) in [7, 11) is 0. The van der Waals surface area contributed by atoms with E-state index in [1.165, 1.54) is 12.1 Å². The van der Waals surface area contributed by atoms with E-state index in [4.69, 9.17) is 5.73 Å². The van der Waals surface area contributed by atoms with Gasteiger partial charge in [-0.25, -0.2) is 9.37 Å². The number of nitrogen functional groups attached to an aromatic ring is 1. The van der Waals surface area contributed by atoms with Gasteiger partial charge in [-0.2, -0.15) is 0 Å². The summed E-state index contributed by atoms with van der Waals surface area (Å²) in [5.74, 6) is 0.540. The van der Waals surface area contributed by atoms with Gasteiger partial charge in [0.15, 0.2) is 0 Å². The molecule has 3 rings (SSSR count). The minimum Gasteiger partial charge on any atom is -1.00 e. The van der Waals surface area contributed by atoms with Crippen molar-refractivity contribution in [1.29, 1.82) is 0 Å². The highest BCUT2D eigenvalue weighted by Gasteiger charge is 2.11. The maximum atomic E-state index is 12.9. The topological polar surface area (TPSA) is 81.3 Å². The van der Waals surface area contributed by atoms with Crippen LogP contribution in [0.1, 0.15) is 15.9 Å². The first kappa shape index (κ1) is 19.2. The van der Waals surface area contributed by atoms with Crippen LogP contribution in [-0.4, -0.2) is 5.91 Å². The molecule has 0 saturated heterocycles. The third kappa shape index (κ3) is 4.94. The van der Waals surface area contributed by atoms with Crippen molar-refractivity contribution in [2.75, 3.05) is 16.4 Å². The largest absolute Gasteiger partial charge is 1.00 e. The molecule has 0 bridgehead atoms. The second-order valence-corrected chi connectivity index (χ2v) is 5.50. The molecule has 5 nitrogen and oxygen atoms in total. The zero-order valence-electron chi connectivity index (χ0n) is 13.8. The number of rotatable bonds is 5. The molecule has 7 heteroatoms. The molecular formula is C19H18ClFN4O. The molecule has 26 heavy (non-hydrogen) atoms. The van der Waals surface area contributed by atoms with Crippen LogP contribution in [0.25, 0.3) is 0 Å². The highest BCUT2D eigenvalue weighted by atomic mass is 35.5. The lowest BCUT2D eigenvalue weighted by atomic mass is 10.2. The van der Waals surface area contributed by atoms with Gasteiger partial charge in [0.25, 0.3) is 5.91 Å². The predicted octanol–water partition coefficient (Wildman–Crippen LogP) is 0.0904. The van der Waals surface area contributed by atoms with E-state index >= 15 is 0 Å². The molecule has 0 unspecified atom stereocenters. The van der Waals surface area contributed by atoms with E-state index < -0.39 is 0 Å². The summed E-state index contributed by atoms with van der Waals surface area (Å²) in [6.45, 7) is 0.520. The van der Waals surface area contributed by atoms with E-state index in [9.17, 15) is 9.18 Å².